The highest BCUT2D eigenvalue weighted by atomic mass is 32.1. The van der Waals surface area contributed by atoms with Crippen LogP contribution in [0.4, 0.5) is 18.2 Å². The van der Waals surface area contributed by atoms with Gasteiger partial charge in [-0.3, -0.25) is 0 Å². The molecular formula is C31H33F3N2O3S2. The molecule has 5 nitrogen and oxygen atoms in total. The monoisotopic (exact) mass is 602 g/mol. The van der Waals surface area contributed by atoms with E-state index in [9.17, 15) is 18.0 Å². The number of hydrogen-bond acceptors (Lipinski definition) is 7. The van der Waals surface area contributed by atoms with Crippen LogP contribution >= 0.6 is 22.7 Å². The summed E-state index contributed by atoms with van der Waals surface area (Å²) in [5.74, 6) is 0.226. The maximum atomic E-state index is 13.1. The van der Waals surface area contributed by atoms with E-state index in [-0.39, 0.29) is 6.61 Å². The van der Waals surface area contributed by atoms with Gasteiger partial charge in [0.15, 0.2) is 5.60 Å². The van der Waals surface area contributed by atoms with Gasteiger partial charge in [0, 0.05) is 18.7 Å². The standard InChI is InChI=1S/C31H33F3N2O3S2/c1-7-38-29(37)30(5,6)39-26-19(2)14-23(15-20(26)3)17-36(16-22-12-13-40-18-22)28-21(4)35-27(41-28)24-8-10-25(11-9-24)31(32,33)34/h8-15,18H,7,16-17H2,1-6H3. The molecule has 4 rings (SSSR count). The van der Waals surface area contributed by atoms with Crippen LogP contribution in [0.15, 0.2) is 53.2 Å². The van der Waals surface area contributed by atoms with Crippen LogP contribution in [0.25, 0.3) is 10.6 Å². The van der Waals surface area contributed by atoms with Crippen molar-refractivity contribution >= 4 is 33.6 Å². The van der Waals surface area contributed by atoms with Gasteiger partial charge in [-0.05, 0) is 92.8 Å². The lowest BCUT2D eigenvalue weighted by Gasteiger charge is -2.27. The molecule has 0 atom stereocenters. The van der Waals surface area contributed by atoms with Gasteiger partial charge in [-0.15, -0.1) is 0 Å². The first-order valence-electron chi connectivity index (χ1n) is 13.2. The summed E-state index contributed by atoms with van der Waals surface area (Å²) in [6.45, 7) is 12.5. The summed E-state index contributed by atoms with van der Waals surface area (Å²) in [7, 11) is 0. The zero-order valence-corrected chi connectivity index (χ0v) is 25.5. The zero-order valence-electron chi connectivity index (χ0n) is 23.9. The maximum Gasteiger partial charge on any atom is 0.416 e. The summed E-state index contributed by atoms with van der Waals surface area (Å²) in [5.41, 5.74) is 3.65. The molecule has 0 aliphatic heterocycles. The van der Waals surface area contributed by atoms with E-state index in [1.807, 2.05) is 26.2 Å². The second kappa shape index (κ2) is 12.2. The van der Waals surface area contributed by atoms with E-state index in [0.717, 1.165) is 45.1 Å². The van der Waals surface area contributed by atoms with Crippen molar-refractivity contribution in [3.8, 4) is 16.3 Å². The van der Waals surface area contributed by atoms with Gasteiger partial charge in [-0.2, -0.15) is 24.5 Å². The first kappa shape index (κ1) is 30.6. The third-order valence-corrected chi connectivity index (χ3v) is 8.49. The van der Waals surface area contributed by atoms with Gasteiger partial charge in [0.05, 0.1) is 17.9 Å². The first-order chi connectivity index (χ1) is 19.3. The molecule has 0 saturated heterocycles. The zero-order chi connectivity index (χ0) is 29.9. The highest BCUT2D eigenvalue weighted by Crippen LogP contribution is 2.38. The third-order valence-electron chi connectivity index (χ3n) is 6.49. The minimum Gasteiger partial charge on any atom is -0.476 e. The van der Waals surface area contributed by atoms with Crippen LogP contribution in [-0.2, 0) is 28.8 Å². The Hall–Kier alpha value is -3.37. The van der Waals surface area contributed by atoms with Gasteiger partial charge in [0.2, 0.25) is 0 Å². The normalized spacial score (nSPS) is 11.9. The Morgan fingerprint density at radius 1 is 0.976 bits per heavy atom. The van der Waals surface area contributed by atoms with Crippen LogP contribution in [0.5, 0.6) is 5.75 Å². The molecule has 0 spiro atoms. The average molecular weight is 603 g/mol. The van der Waals surface area contributed by atoms with Crippen molar-refractivity contribution in [3.05, 3.63) is 86.7 Å². The lowest BCUT2D eigenvalue weighted by Crippen LogP contribution is -2.40. The second-order valence-corrected chi connectivity index (χ2v) is 12.1. The lowest BCUT2D eigenvalue weighted by atomic mass is 10.0. The van der Waals surface area contributed by atoms with Crippen molar-refractivity contribution in [3.63, 3.8) is 0 Å². The molecule has 0 saturated carbocycles. The fourth-order valence-corrected chi connectivity index (χ4v) is 6.25. The molecule has 41 heavy (non-hydrogen) atoms. The molecule has 4 aromatic rings. The number of nitrogens with zero attached hydrogens (tertiary/aromatic N) is 2. The predicted octanol–water partition coefficient (Wildman–Crippen LogP) is 8.74. The molecule has 2 heterocycles. The fourth-order valence-electron chi connectivity index (χ4n) is 4.52. The molecule has 0 amide bonds. The minimum absolute atomic E-state index is 0.278. The number of halogens is 3. The smallest absolute Gasteiger partial charge is 0.416 e. The number of hydrogen-bond donors (Lipinski definition) is 0. The number of aryl methyl sites for hydroxylation is 3. The number of alkyl halides is 3. The molecule has 0 aliphatic rings. The van der Waals surface area contributed by atoms with Crippen LogP contribution in [-0.4, -0.2) is 23.2 Å². The predicted molar refractivity (Wildman–Crippen MR) is 159 cm³/mol. The molecule has 2 aromatic heterocycles. The Kier molecular flexibility index (Phi) is 9.13. The Morgan fingerprint density at radius 2 is 1.61 bits per heavy atom. The van der Waals surface area contributed by atoms with Crippen LogP contribution in [0, 0.1) is 20.8 Å². The number of carbonyl (C=O) groups is 1. The van der Waals surface area contributed by atoms with E-state index in [2.05, 4.69) is 28.5 Å². The topological polar surface area (TPSA) is 51.7 Å². The van der Waals surface area contributed by atoms with E-state index in [1.54, 1.807) is 32.1 Å². The quantitative estimate of drug-likeness (QED) is 0.170. The van der Waals surface area contributed by atoms with Crippen molar-refractivity contribution in [2.75, 3.05) is 11.5 Å². The summed E-state index contributed by atoms with van der Waals surface area (Å²) in [6.07, 6.45) is -4.38. The second-order valence-electron chi connectivity index (χ2n) is 10.4. The van der Waals surface area contributed by atoms with E-state index >= 15 is 0 Å². The molecule has 2 aromatic carbocycles. The summed E-state index contributed by atoms with van der Waals surface area (Å²) in [4.78, 5) is 19.4. The number of thiazole rings is 1. The number of anilines is 1. The summed E-state index contributed by atoms with van der Waals surface area (Å²) >= 11 is 3.09. The van der Waals surface area contributed by atoms with Crippen molar-refractivity contribution in [2.45, 2.75) is 66.4 Å². The average Bonchev–Trinajstić information content (AvgIpc) is 3.55. The minimum atomic E-state index is -4.38. The summed E-state index contributed by atoms with van der Waals surface area (Å²) < 4.78 is 50.5. The molecule has 0 unspecified atom stereocenters. The Morgan fingerprint density at radius 3 is 2.17 bits per heavy atom. The number of esters is 1. The van der Waals surface area contributed by atoms with Crippen LogP contribution in [0.1, 0.15) is 54.3 Å². The van der Waals surface area contributed by atoms with Crippen LogP contribution < -0.4 is 9.64 Å². The Labute approximate surface area is 246 Å². The number of aromatic nitrogens is 1. The van der Waals surface area contributed by atoms with Gasteiger partial charge in [0.1, 0.15) is 15.8 Å². The number of benzene rings is 2. The summed E-state index contributed by atoms with van der Waals surface area (Å²) in [5, 5.41) is 5.75. The van der Waals surface area contributed by atoms with Gasteiger partial charge >= 0.3 is 12.1 Å². The third kappa shape index (κ3) is 7.29. The number of carbonyl (C=O) groups excluding carboxylic acids is 1. The van der Waals surface area contributed by atoms with Crippen molar-refractivity contribution in [1.82, 2.24) is 4.98 Å². The molecule has 0 radical (unpaired) electrons. The SMILES string of the molecule is CCOC(=O)C(C)(C)Oc1c(C)cc(CN(Cc2ccsc2)c2sc(-c3ccc(C(F)(F)F)cc3)nc2C)cc1C. The van der Waals surface area contributed by atoms with E-state index in [0.29, 0.717) is 29.4 Å². The summed E-state index contributed by atoms with van der Waals surface area (Å²) in [6, 6.07) is 11.3. The van der Waals surface area contributed by atoms with Gasteiger partial charge in [-0.1, -0.05) is 35.6 Å². The fraction of sp³-hybridized carbons (Fsp3) is 0.355. The van der Waals surface area contributed by atoms with Crippen molar-refractivity contribution in [2.24, 2.45) is 0 Å². The van der Waals surface area contributed by atoms with E-state index in [4.69, 9.17) is 14.5 Å². The Bertz CT molecular complexity index is 1470. The largest absolute Gasteiger partial charge is 0.476 e. The highest BCUT2D eigenvalue weighted by Gasteiger charge is 2.33. The number of ether oxygens (including phenoxy) is 2. The molecule has 0 aliphatic carbocycles. The molecular weight excluding hydrogens is 569 g/mol. The lowest BCUT2D eigenvalue weighted by molar-refractivity contribution is -0.158. The Balaban J connectivity index is 1.64. The molecule has 218 valence electrons. The van der Waals surface area contributed by atoms with Crippen LogP contribution in [0.3, 0.4) is 0 Å². The van der Waals surface area contributed by atoms with Gasteiger partial charge in [0.25, 0.3) is 0 Å². The number of thiophene rings is 1. The number of rotatable bonds is 10. The molecule has 0 bridgehead atoms. The first-order valence-corrected chi connectivity index (χ1v) is 14.9. The molecule has 0 fully saturated rings. The van der Waals surface area contributed by atoms with E-state index in [1.165, 1.54) is 23.5 Å². The van der Waals surface area contributed by atoms with Crippen molar-refractivity contribution in [1.29, 1.82) is 0 Å². The van der Waals surface area contributed by atoms with Gasteiger partial charge in [-0.25, -0.2) is 9.78 Å². The van der Waals surface area contributed by atoms with Gasteiger partial charge < -0.3 is 14.4 Å². The molecule has 10 heteroatoms. The van der Waals surface area contributed by atoms with Crippen LogP contribution in [0.2, 0.25) is 0 Å². The van der Waals surface area contributed by atoms with Crippen molar-refractivity contribution < 1.29 is 27.4 Å². The van der Waals surface area contributed by atoms with E-state index < -0.39 is 23.3 Å². The molecule has 0 N–H and O–H groups in total. The maximum absolute atomic E-state index is 13.1. The highest BCUT2D eigenvalue weighted by molar-refractivity contribution is 7.19.